The van der Waals surface area contributed by atoms with Crippen LogP contribution in [0, 0.1) is 10.8 Å². The Kier molecular flexibility index (Phi) is 5.75. The first-order chi connectivity index (χ1) is 15.0. The van der Waals surface area contributed by atoms with Crippen molar-refractivity contribution in [2.24, 2.45) is 10.8 Å². The molecule has 4 rings (SSSR count). The molecule has 3 atom stereocenters. The minimum Gasteiger partial charge on any atom is -0.383 e. The van der Waals surface area contributed by atoms with Crippen molar-refractivity contribution in [2.75, 3.05) is 6.54 Å². The molecule has 9 nitrogen and oxygen atoms in total. The minimum atomic E-state index is -1.16. The Morgan fingerprint density at radius 2 is 2.03 bits per heavy atom. The SMILES string of the molecule is CC(NC(=O)C1CC2(CC2)CN1C(=O)C(O)C(C)(C)C)c1cc(Cl)ccc1-n1cnnn1. The highest BCUT2D eigenvalue weighted by Crippen LogP contribution is 2.55. The first-order valence-corrected chi connectivity index (χ1v) is 11.2. The average molecular weight is 461 g/mol. The molecule has 2 heterocycles. The number of tetrazole rings is 1. The summed E-state index contributed by atoms with van der Waals surface area (Å²) in [7, 11) is 0. The van der Waals surface area contributed by atoms with Crippen molar-refractivity contribution in [1.82, 2.24) is 30.4 Å². The van der Waals surface area contributed by atoms with Gasteiger partial charge in [-0.15, -0.1) is 5.10 Å². The fourth-order valence-electron chi connectivity index (χ4n) is 4.33. The third kappa shape index (κ3) is 4.36. The highest BCUT2D eigenvalue weighted by molar-refractivity contribution is 6.30. The van der Waals surface area contributed by atoms with Gasteiger partial charge in [-0.05, 0) is 65.6 Å². The lowest BCUT2D eigenvalue weighted by Gasteiger charge is -2.32. The molecule has 1 aromatic carbocycles. The number of amides is 2. The van der Waals surface area contributed by atoms with Gasteiger partial charge in [0.25, 0.3) is 5.91 Å². The fraction of sp³-hybridized carbons (Fsp3) is 0.591. The Morgan fingerprint density at radius 1 is 1.31 bits per heavy atom. The van der Waals surface area contributed by atoms with Crippen molar-refractivity contribution in [3.63, 3.8) is 0 Å². The number of halogens is 1. The van der Waals surface area contributed by atoms with Gasteiger partial charge in [-0.1, -0.05) is 32.4 Å². The Labute approximate surface area is 192 Å². The van der Waals surface area contributed by atoms with Gasteiger partial charge in [-0.3, -0.25) is 9.59 Å². The Bertz CT molecular complexity index is 1020. The molecule has 2 N–H and O–H groups in total. The number of carbonyl (C=O) groups excluding carboxylic acids is 2. The predicted molar refractivity (Wildman–Crippen MR) is 118 cm³/mol. The van der Waals surface area contributed by atoms with Crippen LogP contribution in [0.2, 0.25) is 5.02 Å². The zero-order valence-electron chi connectivity index (χ0n) is 18.7. The van der Waals surface area contributed by atoms with E-state index in [1.54, 1.807) is 23.1 Å². The van der Waals surface area contributed by atoms with Crippen LogP contribution in [0.4, 0.5) is 0 Å². The monoisotopic (exact) mass is 460 g/mol. The molecule has 2 aromatic rings. The first kappa shape index (κ1) is 22.7. The van der Waals surface area contributed by atoms with Gasteiger partial charge in [-0.2, -0.15) is 0 Å². The van der Waals surface area contributed by atoms with Crippen molar-refractivity contribution in [2.45, 2.75) is 65.1 Å². The van der Waals surface area contributed by atoms with Crippen molar-refractivity contribution in [3.05, 3.63) is 35.1 Å². The van der Waals surface area contributed by atoms with E-state index >= 15 is 0 Å². The zero-order valence-corrected chi connectivity index (χ0v) is 19.5. The smallest absolute Gasteiger partial charge is 0.252 e. The molecule has 2 amide bonds. The molecular weight excluding hydrogens is 432 g/mol. The molecule has 10 heteroatoms. The fourth-order valence-corrected chi connectivity index (χ4v) is 4.51. The van der Waals surface area contributed by atoms with Gasteiger partial charge in [0.15, 0.2) is 0 Å². The number of hydrogen-bond acceptors (Lipinski definition) is 6. The third-order valence-corrected chi connectivity index (χ3v) is 6.75. The van der Waals surface area contributed by atoms with E-state index < -0.39 is 23.6 Å². The van der Waals surface area contributed by atoms with Gasteiger partial charge >= 0.3 is 0 Å². The van der Waals surface area contributed by atoms with Crippen LogP contribution in [0.3, 0.4) is 0 Å². The highest BCUT2D eigenvalue weighted by atomic mass is 35.5. The van der Waals surface area contributed by atoms with Crippen LogP contribution in [0.15, 0.2) is 24.5 Å². The van der Waals surface area contributed by atoms with E-state index in [-0.39, 0.29) is 17.2 Å². The summed E-state index contributed by atoms with van der Waals surface area (Å²) in [5.74, 6) is -0.621. The normalized spacial score (nSPS) is 21.4. The van der Waals surface area contributed by atoms with E-state index in [0.717, 1.165) is 18.4 Å². The average Bonchev–Trinajstić information content (AvgIpc) is 3.13. The largest absolute Gasteiger partial charge is 0.383 e. The minimum absolute atomic E-state index is 0.00608. The van der Waals surface area contributed by atoms with Crippen LogP contribution in [0.5, 0.6) is 0 Å². The lowest BCUT2D eigenvalue weighted by Crippen LogP contribution is -2.52. The number of likely N-dealkylation sites (tertiary alicyclic amines) is 1. The second-order valence-corrected chi connectivity index (χ2v) is 10.6. The second kappa shape index (κ2) is 8.12. The molecule has 1 saturated heterocycles. The topological polar surface area (TPSA) is 113 Å². The lowest BCUT2D eigenvalue weighted by molar-refractivity contribution is -0.150. The summed E-state index contributed by atoms with van der Waals surface area (Å²) in [5, 5.41) is 25.4. The first-order valence-electron chi connectivity index (χ1n) is 10.8. The van der Waals surface area contributed by atoms with Crippen LogP contribution < -0.4 is 5.32 Å². The number of aliphatic hydroxyl groups is 1. The van der Waals surface area contributed by atoms with Crippen molar-refractivity contribution in [1.29, 1.82) is 0 Å². The predicted octanol–water partition coefficient (Wildman–Crippen LogP) is 2.28. The van der Waals surface area contributed by atoms with Gasteiger partial charge in [0.1, 0.15) is 18.5 Å². The summed E-state index contributed by atoms with van der Waals surface area (Å²) in [6, 6.07) is 4.28. The Balaban J connectivity index is 1.55. The quantitative estimate of drug-likeness (QED) is 0.707. The number of rotatable bonds is 5. The number of aromatic nitrogens is 4. The molecule has 1 aromatic heterocycles. The van der Waals surface area contributed by atoms with E-state index in [0.29, 0.717) is 23.7 Å². The molecular formula is C22H29ClN6O3. The van der Waals surface area contributed by atoms with E-state index in [2.05, 4.69) is 20.8 Å². The molecule has 2 aliphatic rings. The van der Waals surface area contributed by atoms with Crippen molar-refractivity contribution >= 4 is 23.4 Å². The second-order valence-electron chi connectivity index (χ2n) is 10.1. The van der Waals surface area contributed by atoms with Gasteiger partial charge in [0.2, 0.25) is 5.91 Å². The van der Waals surface area contributed by atoms with Crippen molar-refractivity contribution in [3.8, 4) is 5.69 Å². The van der Waals surface area contributed by atoms with Gasteiger partial charge in [-0.25, -0.2) is 4.68 Å². The Hall–Kier alpha value is -2.52. The highest BCUT2D eigenvalue weighted by Gasteiger charge is 2.56. The molecule has 1 aliphatic heterocycles. The van der Waals surface area contributed by atoms with Crippen LogP contribution >= 0.6 is 11.6 Å². The van der Waals surface area contributed by atoms with Crippen molar-refractivity contribution < 1.29 is 14.7 Å². The number of aliphatic hydroxyl groups excluding tert-OH is 1. The van der Waals surface area contributed by atoms with Crippen LogP contribution in [0.25, 0.3) is 5.69 Å². The number of carbonyl (C=O) groups is 2. The summed E-state index contributed by atoms with van der Waals surface area (Å²) >= 11 is 6.22. The lowest BCUT2D eigenvalue weighted by atomic mass is 9.88. The molecule has 172 valence electrons. The van der Waals surface area contributed by atoms with E-state index in [9.17, 15) is 14.7 Å². The summed E-state index contributed by atoms with van der Waals surface area (Å²) in [5.41, 5.74) is 0.858. The molecule has 2 fully saturated rings. The summed E-state index contributed by atoms with van der Waals surface area (Å²) in [4.78, 5) is 28.0. The number of hydrogen-bond donors (Lipinski definition) is 2. The van der Waals surface area contributed by atoms with E-state index in [1.165, 1.54) is 11.0 Å². The zero-order chi connectivity index (χ0) is 23.3. The van der Waals surface area contributed by atoms with Gasteiger partial charge < -0.3 is 15.3 Å². The number of nitrogens with zero attached hydrogens (tertiary/aromatic N) is 5. The summed E-state index contributed by atoms with van der Waals surface area (Å²) in [6.07, 6.45) is 2.93. The molecule has 0 bridgehead atoms. The van der Waals surface area contributed by atoms with Gasteiger partial charge in [0.05, 0.1) is 11.7 Å². The van der Waals surface area contributed by atoms with Gasteiger partial charge in [0, 0.05) is 17.1 Å². The number of benzene rings is 1. The Morgan fingerprint density at radius 3 is 2.62 bits per heavy atom. The molecule has 1 aliphatic carbocycles. The van der Waals surface area contributed by atoms with Crippen LogP contribution in [-0.4, -0.2) is 60.7 Å². The van der Waals surface area contributed by atoms with Crippen LogP contribution in [0.1, 0.15) is 58.6 Å². The van der Waals surface area contributed by atoms with E-state index in [1.807, 2.05) is 27.7 Å². The maximum absolute atomic E-state index is 13.3. The molecule has 1 saturated carbocycles. The molecule has 1 spiro atoms. The number of nitrogens with one attached hydrogen (secondary N) is 1. The third-order valence-electron chi connectivity index (χ3n) is 6.52. The van der Waals surface area contributed by atoms with E-state index in [4.69, 9.17) is 11.6 Å². The molecule has 0 radical (unpaired) electrons. The molecule has 32 heavy (non-hydrogen) atoms. The summed E-state index contributed by atoms with van der Waals surface area (Å²) < 4.78 is 1.51. The maximum Gasteiger partial charge on any atom is 0.252 e. The summed E-state index contributed by atoms with van der Waals surface area (Å²) in [6.45, 7) is 7.81. The van der Waals surface area contributed by atoms with Crippen LogP contribution in [-0.2, 0) is 9.59 Å². The molecule has 3 unspecified atom stereocenters. The standard InChI is InChI=1S/C22H29ClN6O3/c1-13(15-9-14(23)5-6-16(15)29-12-24-26-27-29)25-19(31)17-10-22(7-8-22)11-28(17)20(32)18(30)21(2,3)4/h5-6,9,12-13,17-18,30H,7-8,10-11H2,1-4H3,(H,25,31). The maximum atomic E-state index is 13.3.